The van der Waals surface area contributed by atoms with Crippen LogP contribution in [0, 0.1) is 6.92 Å². The van der Waals surface area contributed by atoms with Gasteiger partial charge >= 0.3 is 0 Å². The number of rotatable bonds is 1. The average Bonchev–Trinajstić information content (AvgIpc) is 1.99. The highest BCUT2D eigenvalue weighted by molar-refractivity contribution is 6.00. The van der Waals surface area contributed by atoms with Crippen molar-refractivity contribution in [3.63, 3.8) is 0 Å². The molecule has 0 aliphatic carbocycles. The number of hydrogen-bond acceptors (Lipinski definition) is 2. The molecule has 0 fully saturated rings. The molecule has 1 rings (SSSR count). The highest BCUT2D eigenvalue weighted by Gasteiger charge is 2.18. The third-order valence-corrected chi connectivity index (χ3v) is 2.02. The number of carbonyl (C=O) groups excluding carboxylic acids is 1. The van der Waals surface area contributed by atoms with Crippen LogP contribution in [0.3, 0.4) is 0 Å². The van der Waals surface area contributed by atoms with Gasteiger partial charge in [-0.3, -0.25) is 4.79 Å². The average molecular weight is 206 g/mol. The Hall–Kier alpha value is -1.51. The third kappa shape index (κ3) is 2.98. The van der Waals surface area contributed by atoms with Gasteiger partial charge in [0, 0.05) is 11.2 Å². The molecule has 1 amide bonds. The van der Waals surface area contributed by atoms with Gasteiger partial charge in [0.25, 0.3) is 5.91 Å². The molecule has 0 bridgehead atoms. The van der Waals surface area contributed by atoms with E-state index in [1.807, 2.05) is 39.8 Å². The number of nitrogens with two attached hydrogens (primary N) is 1. The van der Waals surface area contributed by atoms with Crippen LogP contribution < -0.4 is 11.1 Å². The molecule has 15 heavy (non-hydrogen) atoms. The predicted molar refractivity (Wildman–Crippen MR) is 62.8 cm³/mol. The first-order chi connectivity index (χ1) is 6.81. The van der Waals surface area contributed by atoms with Crippen molar-refractivity contribution in [3.05, 3.63) is 29.3 Å². The Labute approximate surface area is 90.7 Å². The number of benzene rings is 1. The van der Waals surface area contributed by atoms with E-state index in [1.54, 1.807) is 6.07 Å². The topological polar surface area (TPSA) is 55.1 Å². The van der Waals surface area contributed by atoms with Crippen LogP contribution in [0.4, 0.5) is 5.69 Å². The molecule has 0 unspecified atom stereocenters. The van der Waals surface area contributed by atoms with Crippen molar-refractivity contribution >= 4 is 11.6 Å². The Kier molecular flexibility index (Phi) is 3.03. The fraction of sp³-hybridized carbons (Fsp3) is 0.417. The summed E-state index contributed by atoms with van der Waals surface area (Å²) >= 11 is 0. The Morgan fingerprint density at radius 1 is 1.33 bits per heavy atom. The van der Waals surface area contributed by atoms with Crippen LogP contribution in [0.15, 0.2) is 18.2 Å². The first kappa shape index (κ1) is 11.6. The molecule has 0 saturated heterocycles. The second kappa shape index (κ2) is 3.93. The minimum Gasteiger partial charge on any atom is -0.398 e. The van der Waals surface area contributed by atoms with Crippen LogP contribution in [0.1, 0.15) is 36.7 Å². The summed E-state index contributed by atoms with van der Waals surface area (Å²) in [5.74, 6) is -0.113. The lowest BCUT2D eigenvalue weighted by atomic mass is 10.0. The fourth-order valence-corrected chi connectivity index (χ4v) is 1.40. The van der Waals surface area contributed by atoms with E-state index in [9.17, 15) is 4.79 Å². The second-order valence-corrected chi connectivity index (χ2v) is 4.74. The van der Waals surface area contributed by atoms with Crippen molar-refractivity contribution in [2.45, 2.75) is 33.2 Å². The Morgan fingerprint density at radius 3 is 2.40 bits per heavy atom. The second-order valence-electron chi connectivity index (χ2n) is 4.74. The minimum atomic E-state index is -0.244. The summed E-state index contributed by atoms with van der Waals surface area (Å²) in [6.07, 6.45) is 0. The molecule has 82 valence electrons. The van der Waals surface area contributed by atoms with Gasteiger partial charge in [0.1, 0.15) is 0 Å². The van der Waals surface area contributed by atoms with Gasteiger partial charge in [0.15, 0.2) is 0 Å². The Bertz CT molecular complexity index is 357. The molecule has 0 aliphatic heterocycles. The molecular weight excluding hydrogens is 188 g/mol. The lowest BCUT2D eigenvalue weighted by Crippen LogP contribution is -2.41. The minimum absolute atomic E-state index is 0.113. The van der Waals surface area contributed by atoms with Gasteiger partial charge in [-0.05, 0) is 39.3 Å². The molecule has 1 aromatic carbocycles. The van der Waals surface area contributed by atoms with Crippen molar-refractivity contribution < 1.29 is 4.79 Å². The number of carbonyl (C=O) groups is 1. The highest BCUT2D eigenvalue weighted by Crippen LogP contribution is 2.17. The largest absolute Gasteiger partial charge is 0.398 e. The summed E-state index contributed by atoms with van der Waals surface area (Å²) < 4.78 is 0. The Morgan fingerprint density at radius 2 is 1.93 bits per heavy atom. The van der Waals surface area contributed by atoms with E-state index in [4.69, 9.17) is 5.73 Å². The van der Waals surface area contributed by atoms with Gasteiger partial charge in [-0.1, -0.05) is 12.1 Å². The molecule has 0 aliphatic rings. The summed E-state index contributed by atoms with van der Waals surface area (Å²) in [6, 6.07) is 5.47. The quantitative estimate of drug-likeness (QED) is 0.691. The zero-order valence-corrected chi connectivity index (χ0v) is 9.72. The summed E-state index contributed by atoms with van der Waals surface area (Å²) in [5, 5.41) is 2.90. The standard InChI is InChI=1S/C12H18N2O/c1-8-6-5-7-9(13)10(8)11(15)14-12(2,3)4/h5-7H,13H2,1-4H3,(H,14,15). The maximum absolute atomic E-state index is 11.9. The number of amides is 1. The maximum atomic E-state index is 11.9. The molecule has 0 spiro atoms. The van der Waals surface area contributed by atoms with Gasteiger partial charge in [0.05, 0.1) is 5.56 Å². The number of nitrogens with one attached hydrogen (secondary N) is 1. The van der Waals surface area contributed by atoms with Crippen LogP contribution in [-0.2, 0) is 0 Å². The van der Waals surface area contributed by atoms with E-state index in [2.05, 4.69) is 5.32 Å². The van der Waals surface area contributed by atoms with Crippen molar-refractivity contribution in [1.29, 1.82) is 0 Å². The van der Waals surface area contributed by atoms with Crippen molar-refractivity contribution in [1.82, 2.24) is 5.32 Å². The normalized spacial score (nSPS) is 11.2. The maximum Gasteiger partial charge on any atom is 0.254 e. The molecule has 3 heteroatoms. The third-order valence-electron chi connectivity index (χ3n) is 2.02. The number of hydrogen-bond donors (Lipinski definition) is 2. The van der Waals surface area contributed by atoms with E-state index in [1.165, 1.54) is 0 Å². The van der Waals surface area contributed by atoms with Crippen molar-refractivity contribution in [2.24, 2.45) is 0 Å². The van der Waals surface area contributed by atoms with Crippen molar-refractivity contribution in [2.75, 3.05) is 5.73 Å². The fourth-order valence-electron chi connectivity index (χ4n) is 1.40. The first-order valence-corrected chi connectivity index (χ1v) is 4.99. The molecule has 0 aromatic heterocycles. The summed E-state index contributed by atoms with van der Waals surface area (Å²) in [7, 11) is 0. The van der Waals surface area contributed by atoms with Crippen molar-refractivity contribution in [3.8, 4) is 0 Å². The van der Waals surface area contributed by atoms with Crippen LogP contribution >= 0.6 is 0 Å². The van der Waals surface area contributed by atoms with Gasteiger partial charge in [-0.15, -0.1) is 0 Å². The number of anilines is 1. The lowest BCUT2D eigenvalue weighted by molar-refractivity contribution is 0.0920. The summed E-state index contributed by atoms with van der Waals surface area (Å²) in [5.41, 5.74) is 7.54. The molecular formula is C12H18N2O. The molecule has 3 nitrogen and oxygen atoms in total. The van der Waals surface area contributed by atoms with Crippen LogP contribution in [-0.4, -0.2) is 11.4 Å². The zero-order chi connectivity index (χ0) is 11.6. The van der Waals surface area contributed by atoms with E-state index in [-0.39, 0.29) is 11.4 Å². The van der Waals surface area contributed by atoms with Gasteiger partial charge in [-0.25, -0.2) is 0 Å². The molecule has 0 heterocycles. The smallest absolute Gasteiger partial charge is 0.254 e. The van der Waals surface area contributed by atoms with E-state index < -0.39 is 0 Å². The van der Waals surface area contributed by atoms with Crippen LogP contribution in [0.25, 0.3) is 0 Å². The highest BCUT2D eigenvalue weighted by atomic mass is 16.1. The van der Waals surface area contributed by atoms with Gasteiger partial charge < -0.3 is 11.1 Å². The Balaban J connectivity index is 3.02. The first-order valence-electron chi connectivity index (χ1n) is 4.99. The van der Waals surface area contributed by atoms with E-state index in [0.29, 0.717) is 11.3 Å². The zero-order valence-electron chi connectivity index (χ0n) is 9.72. The summed E-state index contributed by atoms with van der Waals surface area (Å²) in [4.78, 5) is 11.9. The van der Waals surface area contributed by atoms with Crippen LogP contribution in [0.2, 0.25) is 0 Å². The number of nitrogen functional groups attached to an aromatic ring is 1. The molecule has 0 atom stereocenters. The van der Waals surface area contributed by atoms with Gasteiger partial charge in [0.2, 0.25) is 0 Å². The molecule has 0 radical (unpaired) electrons. The number of aryl methyl sites for hydroxylation is 1. The van der Waals surface area contributed by atoms with Gasteiger partial charge in [-0.2, -0.15) is 0 Å². The van der Waals surface area contributed by atoms with Crippen LogP contribution in [0.5, 0.6) is 0 Å². The van der Waals surface area contributed by atoms with E-state index in [0.717, 1.165) is 5.56 Å². The molecule has 3 N–H and O–H groups in total. The predicted octanol–water partition coefficient (Wildman–Crippen LogP) is 2.11. The molecule has 1 aromatic rings. The molecule has 0 saturated carbocycles. The lowest BCUT2D eigenvalue weighted by Gasteiger charge is -2.21. The SMILES string of the molecule is Cc1cccc(N)c1C(=O)NC(C)(C)C. The van der Waals surface area contributed by atoms with E-state index >= 15 is 0 Å². The monoisotopic (exact) mass is 206 g/mol. The summed E-state index contributed by atoms with van der Waals surface area (Å²) in [6.45, 7) is 7.71.